The maximum absolute atomic E-state index is 6.01. The fourth-order valence-electron chi connectivity index (χ4n) is 2.13. The molecule has 0 amide bonds. The summed E-state index contributed by atoms with van der Waals surface area (Å²) in [7, 11) is 0. The molecule has 3 rings (SSSR count). The van der Waals surface area contributed by atoms with Crippen molar-refractivity contribution in [2.75, 3.05) is 17.7 Å². The van der Waals surface area contributed by atoms with Crippen LogP contribution in [0, 0.1) is 3.57 Å². The Labute approximate surface area is 119 Å². The fourth-order valence-corrected chi connectivity index (χ4v) is 2.65. The second-order valence-corrected chi connectivity index (χ2v) is 5.52. The Kier molecular flexibility index (Phi) is 3.03. The summed E-state index contributed by atoms with van der Waals surface area (Å²) in [6.07, 6.45) is 0. The topological polar surface area (TPSA) is 47.3 Å². The molecule has 0 aliphatic carbocycles. The molecule has 1 aliphatic rings. The van der Waals surface area contributed by atoms with Crippen molar-refractivity contribution in [1.29, 1.82) is 0 Å². The van der Waals surface area contributed by atoms with Crippen molar-refractivity contribution in [2.24, 2.45) is 0 Å². The Morgan fingerprint density at radius 3 is 2.89 bits per heavy atom. The highest BCUT2D eigenvalue weighted by Gasteiger charge is 2.23. The van der Waals surface area contributed by atoms with Crippen LogP contribution in [-0.2, 0) is 0 Å². The third kappa shape index (κ3) is 2.12. The van der Waals surface area contributed by atoms with Gasteiger partial charge in [0, 0.05) is 9.13 Å². The van der Waals surface area contributed by atoms with E-state index < -0.39 is 0 Å². The molecule has 2 aromatic carbocycles. The standard InChI is InChI=1S/C14H13IN2O/c15-9-5-6-12(11(16)7-9)17-13-8-18-14-4-2-1-3-10(13)14/h1-7,13,17H,8,16H2. The predicted molar refractivity (Wildman–Crippen MR) is 81.9 cm³/mol. The highest BCUT2D eigenvalue weighted by molar-refractivity contribution is 14.1. The van der Waals surface area contributed by atoms with Crippen molar-refractivity contribution in [3.8, 4) is 5.75 Å². The zero-order valence-electron chi connectivity index (χ0n) is 9.69. The van der Waals surface area contributed by atoms with Crippen molar-refractivity contribution in [3.63, 3.8) is 0 Å². The third-order valence-electron chi connectivity index (χ3n) is 3.04. The number of benzene rings is 2. The number of para-hydroxylation sites is 1. The summed E-state index contributed by atoms with van der Waals surface area (Å²) in [6, 6.07) is 14.3. The quantitative estimate of drug-likeness (QED) is 0.643. The van der Waals surface area contributed by atoms with Crippen LogP contribution in [0.2, 0.25) is 0 Å². The number of rotatable bonds is 2. The number of halogens is 1. The second-order valence-electron chi connectivity index (χ2n) is 4.28. The Morgan fingerprint density at radius 2 is 2.06 bits per heavy atom. The molecular weight excluding hydrogens is 339 g/mol. The first-order chi connectivity index (χ1) is 8.74. The Morgan fingerprint density at radius 1 is 1.22 bits per heavy atom. The molecule has 0 fully saturated rings. The molecule has 1 heterocycles. The minimum absolute atomic E-state index is 0.170. The molecule has 1 aliphatic heterocycles. The van der Waals surface area contributed by atoms with Gasteiger partial charge < -0.3 is 15.8 Å². The van der Waals surface area contributed by atoms with Crippen LogP contribution in [0.4, 0.5) is 11.4 Å². The third-order valence-corrected chi connectivity index (χ3v) is 3.71. The Hall–Kier alpha value is -1.43. The lowest BCUT2D eigenvalue weighted by molar-refractivity contribution is 0.340. The first-order valence-electron chi connectivity index (χ1n) is 5.77. The Balaban J connectivity index is 1.86. The van der Waals surface area contributed by atoms with Gasteiger partial charge in [-0.25, -0.2) is 0 Å². The molecule has 0 radical (unpaired) electrons. The minimum Gasteiger partial charge on any atom is -0.491 e. The van der Waals surface area contributed by atoms with E-state index in [1.54, 1.807) is 0 Å². The summed E-state index contributed by atoms with van der Waals surface area (Å²) in [6.45, 7) is 0.644. The van der Waals surface area contributed by atoms with Crippen molar-refractivity contribution < 1.29 is 4.74 Å². The number of anilines is 2. The number of hydrogen-bond donors (Lipinski definition) is 2. The number of fused-ring (bicyclic) bond motifs is 1. The van der Waals surface area contributed by atoms with Gasteiger partial charge in [-0.05, 0) is 46.9 Å². The number of nitrogen functional groups attached to an aromatic ring is 1. The summed E-state index contributed by atoms with van der Waals surface area (Å²) in [5.41, 5.74) is 8.93. The smallest absolute Gasteiger partial charge is 0.124 e. The van der Waals surface area contributed by atoms with Crippen molar-refractivity contribution in [2.45, 2.75) is 6.04 Å². The summed E-state index contributed by atoms with van der Waals surface area (Å²) < 4.78 is 6.78. The number of nitrogens with two attached hydrogens (primary N) is 1. The summed E-state index contributed by atoms with van der Waals surface area (Å²) in [5, 5.41) is 3.44. The van der Waals surface area contributed by atoms with Gasteiger partial charge >= 0.3 is 0 Å². The van der Waals surface area contributed by atoms with Crippen LogP contribution in [0.5, 0.6) is 5.75 Å². The molecule has 18 heavy (non-hydrogen) atoms. The predicted octanol–water partition coefficient (Wildman–Crippen LogP) is 3.42. The highest BCUT2D eigenvalue weighted by Crippen LogP contribution is 2.35. The van der Waals surface area contributed by atoms with Crippen molar-refractivity contribution in [3.05, 3.63) is 51.6 Å². The van der Waals surface area contributed by atoms with E-state index >= 15 is 0 Å². The lowest BCUT2D eigenvalue weighted by Crippen LogP contribution is -2.13. The van der Waals surface area contributed by atoms with E-state index in [0.717, 1.165) is 20.7 Å². The van der Waals surface area contributed by atoms with Crippen LogP contribution >= 0.6 is 22.6 Å². The zero-order valence-corrected chi connectivity index (χ0v) is 11.8. The van der Waals surface area contributed by atoms with Gasteiger partial charge in [-0.3, -0.25) is 0 Å². The van der Waals surface area contributed by atoms with E-state index in [1.165, 1.54) is 5.56 Å². The highest BCUT2D eigenvalue weighted by atomic mass is 127. The average Bonchev–Trinajstić information content (AvgIpc) is 2.76. The van der Waals surface area contributed by atoms with Crippen molar-refractivity contribution in [1.82, 2.24) is 0 Å². The largest absolute Gasteiger partial charge is 0.491 e. The van der Waals surface area contributed by atoms with Gasteiger partial charge in [0.25, 0.3) is 0 Å². The first kappa shape index (κ1) is 11.6. The van der Waals surface area contributed by atoms with Gasteiger partial charge in [0.15, 0.2) is 0 Å². The molecule has 1 unspecified atom stereocenters. The van der Waals surface area contributed by atoms with Crippen LogP contribution in [0.15, 0.2) is 42.5 Å². The molecule has 3 N–H and O–H groups in total. The van der Waals surface area contributed by atoms with Crippen molar-refractivity contribution >= 4 is 34.0 Å². The van der Waals surface area contributed by atoms with E-state index in [1.807, 2.05) is 36.4 Å². The first-order valence-corrected chi connectivity index (χ1v) is 6.85. The summed E-state index contributed by atoms with van der Waals surface area (Å²) in [4.78, 5) is 0. The molecule has 2 aromatic rings. The lowest BCUT2D eigenvalue weighted by Gasteiger charge is -2.15. The molecular formula is C14H13IN2O. The van der Waals surface area contributed by atoms with E-state index in [9.17, 15) is 0 Å². The average molecular weight is 352 g/mol. The fraction of sp³-hybridized carbons (Fsp3) is 0.143. The normalized spacial score (nSPS) is 17.1. The number of hydrogen-bond acceptors (Lipinski definition) is 3. The van der Waals surface area contributed by atoms with Crippen LogP contribution < -0.4 is 15.8 Å². The van der Waals surface area contributed by atoms with Gasteiger partial charge in [-0.1, -0.05) is 18.2 Å². The van der Waals surface area contributed by atoms with Gasteiger partial charge in [-0.2, -0.15) is 0 Å². The van der Waals surface area contributed by atoms with E-state index in [0.29, 0.717) is 6.61 Å². The Bertz CT molecular complexity index is 586. The summed E-state index contributed by atoms with van der Waals surface area (Å²) in [5.74, 6) is 0.957. The second kappa shape index (κ2) is 4.68. The molecule has 4 heteroatoms. The van der Waals surface area contributed by atoms with Gasteiger partial charge in [0.05, 0.1) is 17.4 Å². The minimum atomic E-state index is 0.170. The molecule has 1 atom stereocenters. The molecule has 0 saturated heterocycles. The number of ether oxygens (including phenoxy) is 1. The maximum atomic E-state index is 6.01. The van der Waals surface area contributed by atoms with Crippen LogP contribution in [-0.4, -0.2) is 6.61 Å². The molecule has 0 saturated carbocycles. The molecule has 0 aromatic heterocycles. The number of nitrogens with one attached hydrogen (secondary N) is 1. The van der Waals surface area contributed by atoms with Crippen LogP contribution in [0.1, 0.15) is 11.6 Å². The van der Waals surface area contributed by atoms with Gasteiger partial charge in [-0.15, -0.1) is 0 Å². The van der Waals surface area contributed by atoms with Crippen LogP contribution in [0.25, 0.3) is 0 Å². The zero-order chi connectivity index (χ0) is 12.5. The molecule has 3 nitrogen and oxygen atoms in total. The molecule has 92 valence electrons. The van der Waals surface area contributed by atoms with E-state index in [-0.39, 0.29) is 6.04 Å². The molecule has 0 bridgehead atoms. The van der Waals surface area contributed by atoms with E-state index in [4.69, 9.17) is 10.5 Å². The van der Waals surface area contributed by atoms with Gasteiger partial charge in [0.1, 0.15) is 12.4 Å². The van der Waals surface area contributed by atoms with Crippen LogP contribution in [0.3, 0.4) is 0 Å². The SMILES string of the molecule is Nc1cc(I)ccc1NC1COc2ccccc21. The van der Waals surface area contributed by atoms with Gasteiger partial charge in [0.2, 0.25) is 0 Å². The summed E-state index contributed by atoms with van der Waals surface area (Å²) >= 11 is 2.25. The monoisotopic (exact) mass is 352 g/mol. The molecule has 0 spiro atoms. The van der Waals surface area contributed by atoms with E-state index in [2.05, 4.69) is 34.0 Å². The maximum Gasteiger partial charge on any atom is 0.124 e. The lowest BCUT2D eigenvalue weighted by atomic mass is 10.1.